The standard InChI is InChI=1S/C29H51NO7S/c1-17(5-8-24(32)18(2)27(34)30-13-14-38(35,36)37)21-6-7-22-26-23(10-12-29(21,22)4)28(3)11-9-20(31)15-19(28)16-25(26)33/h17-26,31-33H,5-16H2,1-4H3,(H,30,34)(H,35,36,37)/p-1/t17-,18-,19+,20-,21-,22+,23+,24+,25-,26+,28+,29-/m1/s1. The first-order chi connectivity index (χ1) is 17.7. The van der Waals surface area contributed by atoms with E-state index in [1.165, 1.54) is 0 Å². The monoisotopic (exact) mass is 556 g/mol. The van der Waals surface area contributed by atoms with Gasteiger partial charge in [-0.3, -0.25) is 4.55 Å². The van der Waals surface area contributed by atoms with E-state index in [1.54, 1.807) is 6.92 Å². The molecule has 0 aliphatic heterocycles. The fraction of sp³-hybridized carbons (Fsp3) is 0.966. The molecule has 38 heavy (non-hydrogen) atoms. The molecule has 0 saturated heterocycles. The summed E-state index contributed by atoms with van der Waals surface area (Å²) in [4.78, 5) is 3.71. The molecule has 12 atom stereocenters. The number of aliphatic hydroxyl groups is 3. The van der Waals surface area contributed by atoms with Gasteiger partial charge in [-0.25, -0.2) is 0 Å². The molecule has 4 aliphatic rings. The molecule has 9 heteroatoms. The lowest BCUT2D eigenvalue weighted by Gasteiger charge is -2.62. The Morgan fingerprint density at radius 3 is 2.34 bits per heavy atom. The van der Waals surface area contributed by atoms with Gasteiger partial charge in [0, 0.05) is 5.92 Å². The summed E-state index contributed by atoms with van der Waals surface area (Å²) in [6.07, 6.45) is 8.07. The molecule has 0 bridgehead atoms. The average Bonchev–Trinajstić information content (AvgIpc) is 3.19. The average molecular weight is 557 g/mol. The lowest BCUT2D eigenvalue weighted by Crippen LogP contribution is -2.58. The summed E-state index contributed by atoms with van der Waals surface area (Å²) in [5, 5.41) is 44.7. The second kappa shape index (κ2) is 11.3. The summed E-state index contributed by atoms with van der Waals surface area (Å²) < 4.78 is 30.5. The largest absolute Gasteiger partial charge is 0.862 e. The van der Waals surface area contributed by atoms with Crippen molar-refractivity contribution in [2.45, 2.75) is 110 Å². The summed E-state index contributed by atoms with van der Waals surface area (Å²) >= 11 is 0. The lowest BCUT2D eigenvalue weighted by molar-refractivity contribution is -0.226. The van der Waals surface area contributed by atoms with Crippen LogP contribution in [0.15, 0.2) is 4.99 Å². The Bertz CT molecular complexity index is 972. The molecule has 4 fully saturated rings. The van der Waals surface area contributed by atoms with Gasteiger partial charge in [-0.15, -0.1) is 0 Å². The third-order valence-corrected chi connectivity index (χ3v) is 12.6. The minimum absolute atomic E-state index is 0.163. The van der Waals surface area contributed by atoms with Gasteiger partial charge in [0.25, 0.3) is 10.1 Å². The maximum absolute atomic E-state index is 12.3. The van der Waals surface area contributed by atoms with Crippen molar-refractivity contribution in [3.05, 3.63) is 0 Å². The van der Waals surface area contributed by atoms with E-state index in [4.69, 9.17) is 4.55 Å². The Kier molecular flexibility index (Phi) is 8.96. The highest BCUT2D eigenvalue weighted by Gasteiger charge is 2.62. The highest BCUT2D eigenvalue weighted by molar-refractivity contribution is 7.85. The molecule has 0 unspecified atom stereocenters. The molecule has 0 amide bonds. The fourth-order valence-electron chi connectivity index (χ4n) is 9.64. The molecule has 0 aromatic heterocycles. The van der Waals surface area contributed by atoms with Crippen LogP contribution in [0.3, 0.4) is 0 Å². The number of aliphatic imine (C=N–C) groups is 1. The minimum Gasteiger partial charge on any atom is -0.862 e. The van der Waals surface area contributed by atoms with Crippen molar-refractivity contribution in [1.82, 2.24) is 0 Å². The normalized spacial score (nSPS) is 44.0. The van der Waals surface area contributed by atoms with Crippen LogP contribution in [0.4, 0.5) is 0 Å². The summed E-state index contributed by atoms with van der Waals surface area (Å²) in [5.41, 5.74) is 0.379. The van der Waals surface area contributed by atoms with Crippen LogP contribution in [0.5, 0.6) is 0 Å². The number of rotatable bonds is 9. The Morgan fingerprint density at radius 1 is 1.00 bits per heavy atom. The van der Waals surface area contributed by atoms with E-state index < -0.39 is 33.8 Å². The molecule has 4 N–H and O–H groups in total. The van der Waals surface area contributed by atoms with Crippen molar-refractivity contribution in [2.24, 2.45) is 57.2 Å². The van der Waals surface area contributed by atoms with Gasteiger partial charge in [0.1, 0.15) is 0 Å². The Morgan fingerprint density at radius 2 is 1.66 bits per heavy atom. The molecule has 0 radical (unpaired) electrons. The number of fused-ring (bicyclic) bond motifs is 5. The maximum atomic E-state index is 12.3. The third kappa shape index (κ3) is 5.83. The maximum Gasteiger partial charge on any atom is 0.266 e. The van der Waals surface area contributed by atoms with Crippen molar-refractivity contribution < 1.29 is 33.4 Å². The summed E-state index contributed by atoms with van der Waals surface area (Å²) in [5.74, 6) is 0.803. The Hall–Kier alpha value is -0.740. The van der Waals surface area contributed by atoms with Crippen LogP contribution in [-0.4, -0.2) is 64.8 Å². The second-order valence-electron chi connectivity index (χ2n) is 13.9. The van der Waals surface area contributed by atoms with E-state index >= 15 is 0 Å². The van der Waals surface area contributed by atoms with Gasteiger partial charge >= 0.3 is 0 Å². The predicted molar refractivity (Wildman–Crippen MR) is 145 cm³/mol. The zero-order chi connectivity index (χ0) is 28.0. The van der Waals surface area contributed by atoms with Crippen LogP contribution in [-0.2, 0) is 10.1 Å². The van der Waals surface area contributed by atoms with E-state index in [2.05, 4.69) is 25.8 Å². The van der Waals surface area contributed by atoms with Gasteiger partial charge in [0.15, 0.2) is 0 Å². The smallest absolute Gasteiger partial charge is 0.266 e. The number of nitrogens with zero attached hydrogens (tertiary/aromatic N) is 1. The molecule has 8 nitrogen and oxygen atoms in total. The zero-order valence-corrected chi connectivity index (χ0v) is 24.4. The molecule has 0 heterocycles. The predicted octanol–water partition coefficient (Wildman–Crippen LogP) is 3.04. The van der Waals surface area contributed by atoms with Gasteiger partial charge in [0.2, 0.25) is 0 Å². The van der Waals surface area contributed by atoms with E-state index in [0.29, 0.717) is 41.9 Å². The van der Waals surface area contributed by atoms with Crippen molar-refractivity contribution in [3.63, 3.8) is 0 Å². The van der Waals surface area contributed by atoms with Crippen molar-refractivity contribution in [2.75, 3.05) is 12.3 Å². The first kappa shape index (κ1) is 30.2. The lowest BCUT2D eigenvalue weighted by atomic mass is 9.43. The molecule has 220 valence electrons. The van der Waals surface area contributed by atoms with Crippen LogP contribution < -0.4 is 5.11 Å². The fourth-order valence-corrected chi connectivity index (χ4v) is 9.96. The van der Waals surface area contributed by atoms with Gasteiger partial charge in [0.05, 0.1) is 30.6 Å². The first-order valence-corrected chi connectivity index (χ1v) is 16.5. The van der Waals surface area contributed by atoms with Crippen LogP contribution in [0.25, 0.3) is 0 Å². The second-order valence-corrected chi connectivity index (χ2v) is 15.4. The Balaban J connectivity index is 1.37. The van der Waals surface area contributed by atoms with Crippen molar-refractivity contribution in [1.29, 1.82) is 0 Å². The molecular formula is C29H50NO7S-. The Labute approximate surface area is 229 Å². The highest BCUT2D eigenvalue weighted by Crippen LogP contribution is 2.68. The first-order valence-electron chi connectivity index (χ1n) is 14.9. The topological polar surface area (TPSA) is 150 Å². The molecule has 0 aromatic rings. The number of hydrogen-bond donors (Lipinski definition) is 4. The highest BCUT2D eigenvalue weighted by atomic mass is 32.2. The van der Waals surface area contributed by atoms with Crippen LogP contribution in [0.1, 0.15) is 91.9 Å². The SMILES string of the molecule is C[C@H](CC[C@H](O)[C@@H](C)C([O-])=NCCS(=O)(=O)O)[C@H]1CC[C@H]2[C@@H]3[C@H](O)C[C@@H]4C[C@H](O)CC[C@]4(C)[C@H]3CC[C@]12C. The van der Waals surface area contributed by atoms with E-state index in [9.17, 15) is 28.8 Å². The number of aliphatic hydroxyl groups excluding tert-OH is 3. The molecule has 4 saturated carbocycles. The van der Waals surface area contributed by atoms with Gasteiger partial charge < -0.3 is 25.4 Å². The van der Waals surface area contributed by atoms with Crippen LogP contribution in [0, 0.1) is 52.3 Å². The van der Waals surface area contributed by atoms with Gasteiger partial charge in [-0.1, -0.05) is 27.7 Å². The number of hydrogen-bond acceptors (Lipinski definition) is 7. The van der Waals surface area contributed by atoms with E-state index in [1.807, 2.05) is 0 Å². The summed E-state index contributed by atoms with van der Waals surface area (Å²) in [7, 11) is -4.17. The minimum atomic E-state index is -4.17. The molecule has 4 aliphatic carbocycles. The quantitative estimate of drug-likeness (QED) is 0.194. The molecule has 0 spiro atoms. The molecular weight excluding hydrogens is 506 g/mol. The third-order valence-electron chi connectivity index (χ3n) is 11.9. The summed E-state index contributed by atoms with van der Waals surface area (Å²) in [6.45, 7) is 8.44. The molecule has 4 rings (SSSR count). The van der Waals surface area contributed by atoms with Gasteiger partial charge in [-0.05, 0) is 116 Å². The zero-order valence-electron chi connectivity index (χ0n) is 23.6. The van der Waals surface area contributed by atoms with Crippen molar-refractivity contribution >= 4 is 16.0 Å². The van der Waals surface area contributed by atoms with Crippen molar-refractivity contribution in [3.8, 4) is 0 Å². The van der Waals surface area contributed by atoms with E-state index in [-0.39, 0.29) is 29.6 Å². The van der Waals surface area contributed by atoms with Crippen LogP contribution in [0.2, 0.25) is 0 Å². The summed E-state index contributed by atoms with van der Waals surface area (Å²) in [6, 6.07) is 0. The van der Waals surface area contributed by atoms with Crippen LogP contribution >= 0.6 is 0 Å². The molecule has 0 aromatic carbocycles. The van der Waals surface area contributed by atoms with E-state index in [0.717, 1.165) is 57.8 Å². The van der Waals surface area contributed by atoms with Gasteiger partial charge in [-0.2, -0.15) is 8.42 Å².